The van der Waals surface area contributed by atoms with E-state index >= 15 is 0 Å². The Morgan fingerprint density at radius 2 is 1.66 bits per heavy atom. The Labute approximate surface area is 180 Å². The first kappa shape index (κ1) is 18.8. The fraction of sp³-hybridized carbons (Fsp3) is 0.320. The first-order chi connectivity index (χ1) is 14.2. The molecule has 4 heteroatoms. The summed E-state index contributed by atoms with van der Waals surface area (Å²) in [4.78, 5) is 7.58. The summed E-state index contributed by atoms with van der Waals surface area (Å²) in [7, 11) is 2.16. The van der Waals surface area contributed by atoms with Gasteiger partial charge in [0.25, 0.3) is 0 Å². The second-order valence-electron chi connectivity index (χ2n) is 8.14. The monoisotopic (exact) mass is 447 g/mol. The molecule has 3 aromatic carbocycles. The zero-order valence-corrected chi connectivity index (χ0v) is 18.4. The van der Waals surface area contributed by atoms with Crippen molar-refractivity contribution in [1.82, 2.24) is 14.5 Å². The molecule has 1 aromatic heterocycles. The van der Waals surface area contributed by atoms with E-state index in [1.165, 1.54) is 53.6 Å². The highest BCUT2D eigenvalue weighted by Gasteiger charge is 2.21. The molecule has 3 nitrogen and oxygen atoms in total. The molecule has 0 N–H and O–H groups in total. The molecule has 0 bridgehead atoms. The first-order valence-corrected chi connectivity index (χ1v) is 11.3. The minimum absolute atomic E-state index is 0.715. The molecule has 0 unspecified atom stereocenters. The number of halogens is 1. The lowest BCUT2D eigenvalue weighted by Gasteiger charge is -2.32. The van der Waals surface area contributed by atoms with Crippen LogP contribution in [0.15, 0.2) is 65.1 Å². The van der Waals surface area contributed by atoms with Crippen molar-refractivity contribution in [2.24, 2.45) is 7.05 Å². The number of imidazole rings is 1. The molecule has 0 spiro atoms. The summed E-state index contributed by atoms with van der Waals surface area (Å²) in [5, 5.41) is 2.51. The maximum atomic E-state index is 4.98. The number of hydrogen-bond donors (Lipinski definition) is 0. The molecule has 4 aromatic rings. The number of piperidine rings is 1. The number of benzene rings is 3. The number of aromatic nitrogens is 2. The van der Waals surface area contributed by atoms with Gasteiger partial charge in [-0.15, -0.1) is 0 Å². The van der Waals surface area contributed by atoms with Crippen LogP contribution in [0.3, 0.4) is 0 Å². The van der Waals surface area contributed by atoms with E-state index in [1.54, 1.807) is 0 Å². The predicted molar refractivity (Wildman–Crippen MR) is 124 cm³/mol. The Morgan fingerprint density at radius 1 is 0.966 bits per heavy atom. The van der Waals surface area contributed by atoms with Gasteiger partial charge < -0.3 is 9.47 Å². The van der Waals surface area contributed by atoms with Gasteiger partial charge in [0, 0.05) is 29.9 Å². The molecular weight excluding hydrogens is 422 g/mol. The van der Waals surface area contributed by atoms with Crippen molar-refractivity contribution in [3.05, 3.63) is 76.5 Å². The third kappa shape index (κ3) is 3.60. The molecule has 1 aliphatic rings. The van der Waals surface area contributed by atoms with E-state index in [2.05, 4.69) is 93.1 Å². The van der Waals surface area contributed by atoms with Crippen LogP contribution in [0.25, 0.3) is 21.8 Å². The van der Waals surface area contributed by atoms with Crippen molar-refractivity contribution < 1.29 is 0 Å². The number of hydrogen-bond acceptors (Lipinski definition) is 2. The van der Waals surface area contributed by atoms with Gasteiger partial charge >= 0.3 is 0 Å². The quantitative estimate of drug-likeness (QED) is 0.387. The average molecular weight is 448 g/mol. The predicted octanol–water partition coefficient (Wildman–Crippen LogP) is 5.91. The third-order valence-electron chi connectivity index (χ3n) is 6.43. The molecule has 1 aliphatic heterocycles. The SMILES string of the molecule is Cn1c(CCN2CCC(c3ccccc3)CC2)nc2cc(Br)c3ccccc3c21. The molecule has 1 saturated heterocycles. The lowest BCUT2D eigenvalue weighted by molar-refractivity contribution is 0.213. The lowest BCUT2D eigenvalue weighted by Crippen LogP contribution is -2.34. The van der Waals surface area contributed by atoms with Gasteiger partial charge in [0.1, 0.15) is 5.82 Å². The molecule has 1 fully saturated rings. The normalized spacial score (nSPS) is 16.1. The van der Waals surface area contributed by atoms with E-state index in [0.29, 0.717) is 5.92 Å². The fourth-order valence-electron chi connectivity index (χ4n) is 4.78. The van der Waals surface area contributed by atoms with E-state index < -0.39 is 0 Å². The second kappa shape index (κ2) is 7.92. The van der Waals surface area contributed by atoms with Crippen molar-refractivity contribution in [1.29, 1.82) is 0 Å². The van der Waals surface area contributed by atoms with Crippen LogP contribution >= 0.6 is 15.9 Å². The van der Waals surface area contributed by atoms with Crippen LogP contribution in [-0.4, -0.2) is 34.1 Å². The maximum absolute atomic E-state index is 4.98. The molecule has 0 atom stereocenters. The molecule has 29 heavy (non-hydrogen) atoms. The Hall–Kier alpha value is -2.17. The van der Waals surface area contributed by atoms with Crippen LogP contribution in [0.1, 0.15) is 30.1 Å². The standard InChI is InChI=1S/C25H26BrN3/c1-28-24(27-23-17-22(26)20-9-5-6-10-21(20)25(23)28)13-16-29-14-11-19(12-15-29)18-7-3-2-4-8-18/h2-10,17,19H,11-16H2,1H3. The molecule has 0 radical (unpaired) electrons. The zero-order valence-electron chi connectivity index (χ0n) is 16.8. The van der Waals surface area contributed by atoms with Gasteiger partial charge in [-0.05, 0) is 48.9 Å². The maximum Gasteiger partial charge on any atom is 0.110 e. The number of aryl methyl sites for hydroxylation is 1. The summed E-state index contributed by atoms with van der Waals surface area (Å²) in [6.45, 7) is 3.44. The van der Waals surface area contributed by atoms with Crippen LogP contribution in [0, 0.1) is 0 Å². The minimum Gasteiger partial charge on any atom is -0.331 e. The van der Waals surface area contributed by atoms with Crippen molar-refractivity contribution in [2.45, 2.75) is 25.2 Å². The van der Waals surface area contributed by atoms with Gasteiger partial charge in [-0.1, -0.05) is 70.5 Å². The van der Waals surface area contributed by atoms with Gasteiger partial charge in [-0.25, -0.2) is 4.98 Å². The van der Waals surface area contributed by atoms with Gasteiger partial charge in [0.2, 0.25) is 0 Å². The highest BCUT2D eigenvalue weighted by molar-refractivity contribution is 9.10. The third-order valence-corrected chi connectivity index (χ3v) is 7.08. The molecule has 5 rings (SSSR count). The highest BCUT2D eigenvalue weighted by Crippen LogP contribution is 2.32. The van der Waals surface area contributed by atoms with E-state index in [9.17, 15) is 0 Å². The molecule has 0 aliphatic carbocycles. The van der Waals surface area contributed by atoms with E-state index in [-0.39, 0.29) is 0 Å². The van der Waals surface area contributed by atoms with Crippen LogP contribution in [-0.2, 0) is 13.5 Å². The largest absolute Gasteiger partial charge is 0.331 e. The number of rotatable bonds is 4. The molecule has 148 valence electrons. The summed E-state index contributed by atoms with van der Waals surface area (Å²) in [6, 6.07) is 21.7. The number of likely N-dealkylation sites (tertiary alicyclic amines) is 1. The highest BCUT2D eigenvalue weighted by atomic mass is 79.9. The van der Waals surface area contributed by atoms with Gasteiger partial charge in [-0.3, -0.25) is 0 Å². The van der Waals surface area contributed by atoms with E-state index in [4.69, 9.17) is 4.98 Å². The first-order valence-electron chi connectivity index (χ1n) is 10.5. The fourth-order valence-corrected chi connectivity index (χ4v) is 5.34. The molecule has 0 amide bonds. The van der Waals surface area contributed by atoms with Gasteiger partial charge in [0.05, 0.1) is 11.0 Å². The Bertz CT molecular complexity index is 1140. The van der Waals surface area contributed by atoms with Gasteiger partial charge in [0.15, 0.2) is 0 Å². The second-order valence-corrected chi connectivity index (χ2v) is 8.99. The van der Waals surface area contributed by atoms with Crippen LogP contribution < -0.4 is 0 Å². The number of nitrogens with zero attached hydrogens (tertiary/aromatic N) is 3. The lowest BCUT2D eigenvalue weighted by atomic mass is 9.89. The summed E-state index contributed by atoms with van der Waals surface area (Å²) < 4.78 is 3.41. The average Bonchev–Trinajstić information content (AvgIpc) is 3.09. The smallest absolute Gasteiger partial charge is 0.110 e. The van der Waals surface area contributed by atoms with Crippen LogP contribution in [0.5, 0.6) is 0 Å². The van der Waals surface area contributed by atoms with E-state index in [1.807, 2.05) is 0 Å². The molecular formula is C25H26BrN3. The van der Waals surface area contributed by atoms with E-state index in [0.717, 1.165) is 23.0 Å². The zero-order chi connectivity index (χ0) is 19.8. The summed E-state index contributed by atoms with van der Waals surface area (Å²) in [5.41, 5.74) is 3.82. The summed E-state index contributed by atoms with van der Waals surface area (Å²) >= 11 is 3.72. The number of fused-ring (bicyclic) bond motifs is 3. The van der Waals surface area contributed by atoms with Crippen LogP contribution in [0.2, 0.25) is 0 Å². The van der Waals surface area contributed by atoms with Crippen molar-refractivity contribution in [3.63, 3.8) is 0 Å². The minimum atomic E-state index is 0.715. The molecule has 2 heterocycles. The summed E-state index contributed by atoms with van der Waals surface area (Å²) in [5.74, 6) is 1.89. The Balaban J connectivity index is 1.30. The topological polar surface area (TPSA) is 21.1 Å². The Kier molecular flexibility index (Phi) is 5.15. The van der Waals surface area contributed by atoms with Crippen molar-refractivity contribution in [2.75, 3.05) is 19.6 Å². The van der Waals surface area contributed by atoms with Crippen molar-refractivity contribution in [3.8, 4) is 0 Å². The van der Waals surface area contributed by atoms with Crippen LogP contribution in [0.4, 0.5) is 0 Å². The molecule has 0 saturated carbocycles. The Morgan fingerprint density at radius 3 is 2.41 bits per heavy atom. The van der Waals surface area contributed by atoms with Crippen molar-refractivity contribution >= 4 is 37.7 Å². The van der Waals surface area contributed by atoms with Gasteiger partial charge in [-0.2, -0.15) is 0 Å². The summed E-state index contributed by atoms with van der Waals surface area (Å²) in [6.07, 6.45) is 3.50.